The fourth-order valence-electron chi connectivity index (χ4n) is 5.02. The molecule has 0 saturated heterocycles. The molecule has 0 spiro atoms. The van der Waals surface area contributed by atoms with Gasteiger partial charge >= 0.3 is 42.4 Å². The molecule has 334 valence electrons. The van der Waals surface area contributed by atoms with Crippen molar-refractivity contribution in [2.24, 2.45) is 0 Å². The van der Waals surface area contributed by atoms with E-state index in [1.54, 1.807) is 56.7 Å². The molecule has 0 radical (unpaired) electrons. The second-order valence-corrected chi connectivity index (χ2v) is 18.7. The highest BCUT2D eigenvalue weighted by Crippen LogP contribution is 2.23. The zero-order valence-electron chi connectivity index (χ0n) is 32.7. The summed E-state index contributed by atoms with van der Waals surface area (Å²) < 4.78 is 153. The van der Waals surface area contributed by atoms with Gasteiger partial charge in [0.15, 0.2) is 30.4 Å². The lowest BCUT2D eigenvalue weighted by Crippen LogP contribution is -3.62. The highest BCUT2D eigenvalue weighted by molar-refractivity contribution is 5.85. The minimum Gasteiger partial charge on any atom is -0.545 e. The molecular weight excluding hydrogens is 1110 g/mol. The second-order valence-electron chi connectivity index (χ2n) is 12.3. The van der Waals surface area contributed by atoms with Crippen molar-refractivity contribution in [1.29, 1.82) is 0 Å². The van der Waals surface area contributed by atoms with Crippen LogP contribution >= 0.6 is 0 Å². The minimum absolute atomic E-state index is 0.220. The first-order valence-corrected chi connectivity index (χ1v) is 23.2. The number of benzene rings is 7. The molecule has 0 atom stereocenters. The molecule has 0 aliphatic heterocycles. The van der Waals surface area contributed by atoms with E-state index in [4.69, 9.17) is 28.1 Å². The van der Waals surface area contributed by atoms with E-state index in [0.717, 1.165) is 33.8 Å². The van der Waals surface area contributed by atoms with Crippen LogP contribution in [0.15, 0.2) is 140 Å². The molecule has 0 fully saturated rings. The van der Waals surface area contributed by atoms with Gasteiger partial charge in [-0.2, -0.15) is 17.6 Å². The van der Waals surface area contributed by atoms with Gasteiger partial charge in [0.1, 0.15) is 11.5 Å². The molecule has 7 rings (SSSR count). The third-order valence-corrected chi connectivity index (χ3v) is 13.7. The van der Waals surface area contributed by atoms with Crippen LogP contribution in [0, 0.1) is 71.1 Å². The van der Waals surface area contributed by atoms with Crippen LogP contribution in [-0.4, -0.2) is 20.2 Å². The van der Waals surface area contributed by atoms with Crippen LogP contribution < -0.4 is 75.6 Å². The maximum absolute atomic E-state index is 13.8. The van der Waals surface area contributed by atoms with Gasteiger partial charge in [-0.15, -0.1) is 10.2 Å². The van der Waals surface area contributed by atoms with Crippen molar-refractivity contribution >= 4 is 5.97 Å². The summed E-state index contributed by atoms with van der Waals surface area (Å²) >= 11 is -2.78. The number of methoxy groups -OCH3 is 2. The molecule has 64 heavy (non-hydrogen) atoms. The summed E-state index contributed by atoms with van der Waals surface area (Å²) in [7, 11) is -1.78. The summed E-state index contributed by atoms with van der Waals surface area (Å²) in [4.78, 5) is 10.1. The first kappa shape index (κ1) is 51.3. The summed E-state index contributed by atoms with van der Waals surface area (Å²) in [5, 5.41) is 10.1. The highest BCUT2D eigenvalue weighted by atomic mass is 127. The number of carboxylic acid groups (broad SMARTS) is 1. The maximum Gasteiger partial charge on any atom is 0.364 e. The summed E-state index contributed by atoms with van der Waals surface area (Å²) in [5.41, 5.74) is 3.97. The highest BCUT2D eigenvalue weighted by Gasteiger charge is 2.32. The lowest BCUT2D eigenvalue weighted by atomic mass is 10.1. The van der Waals surface area contributed by atoms with Crippen LogP contribution in [0.3, 0.4) is 0 Å². The van der Waals surface area contributed by atoms with E-state index >= 15 is 0 Å². The van der Waals surface area contributed by atoms with Crippen molar-refractivity contribution in [2.45, 2.75) is 0 Å². The maximum atomic E-state index is 13.8. The molecule has 19 heteroatoms. The standard InChI is InChI=1S/2C19H12F4IO.C7H6O2.ClHO4/c2*1-25-14-8-4-12(5-9-14)11-2-6-13(7-3-11)24-19-17(22)15(20)10-16(21)18(19)23;8-7(9)6-4-2-1-3-5-6;2-1(3,4)5/h2*2-10H,1H3;1-5H,(H,8,9);(H,2,3,4,5)/q2*+1;;/p-2. The van der Waals surface area contributed by atoms with E-state index in [1.807, 2.05) is 72.8 Å². The fourth-order valence-corrected chi connectivity index (χ4v) is 9.69. The van der Waals surface area contributed by atoms with Crippen molar-refractivity contribution in [3.63, 3.8) is 0 Å². The molecule has 0 saturated carbocycles. The Kier molecular flexibility index (Phi) is 19.3. The van der Waals surface area contributed by atoms with Crippen molar-refractivity contribution in [3.05, 3.63) is 206 Å². The Hall–Kier alpha value is -5.36. The Morgan fingerprint density at radius 2 is 0.719 bits per heavy atom. The fraction of sp³-hybridized carbons (Fsp3) is 0.0444. The third-order valence-electron chi connectivity index (χ3n) is 8.07. The van der Waals surface area contributed by atoms with E-state index in [2.05, 4.69) is 0 Å². The zero-order valence-corrected chi connectivity index (χ0v) is 37.8. The molecule has 0 aliphatic carbocycles. The predicted molar refractivity (Wildman–Crippen MR) is 195 cm³/mol. The monoisotopic (exact) mass is 1140 g/mol. The Balaban J connectivity index is 0.000000217. The van der Waals surface area contributed by atoms with E-state index in [-0.39, 0.29) is 17.7 Å². The van der Waals surface area contributed by atoms with Crippen molar-refractivity contribution in [1.82, 2.24) is 0 Å². The molecule has 0 bridgehead atoms. The minimum atomic E-state index is -4.94. The lowest BCUT2D eigenvalue weighted by molar-refractivity contribution is -2.00. The molecule has 0 N–H and O–H groups in total. The summed E-state index contributed by atoms with van der Waals surface area (Å²) in [6.07, 6.45) is 0. The summed E-state index contributed by atoms with van der Waals surface area (Å²) in [5.74, 6) is -10.4. The van der Waals surface area contributed by atoms with Gasteiger partial charge in [-0.05, 0) is 101 Å². The van der Waals surface area contributed by atoms with Crippen LogP contribution in [0.5, 0.6) is 11.5 Å². The molecule has 7 aromatic rings. The molecule has 0 amide bonds. The molecule has 0 unspecified atom stereocenters. The van der Waals surface area contributed by atoms with Gasteiger partial charge in [0, 0.05) is 12.1 Å². The SMILES string of the molecule is COc1ccc(-c2ccc([I+]c3c(F)c(F)cc(F)c3F)cc2)cc1.COc1ccc(-c2ccc([I+]c3c(F)c(F)cc(F)c3F)cc2)cc1.O=C([O-])c1ccccc1.[O-][Cl+3]([O-])([O-])[O-]. The van der Waals surface area contributed by atoms with Crippen molar-refractivity contribution < 1.29 is 126 Å². The van der Waals surface area contributed by atoms with Crippen LogP contribution in [0.1, 0.15) is 10.4 Å². The van der Waals surface area contributed by atoms with Gasteiger partial charge in [0.2, 0.25) is 23.3 Å². The number of carbonyl (C=O) groups excluding carboxylic acids is 1. The zero-order chi connectivity index (χ0) is 47.1. The van der Waals surface area contributed by atoms with Crippen LogP contribution in [0.4, 0.5) is 35.1 Å². The van der Waals surface area contributed by atoms with Gasteiger partial charge in [0.25, 0.3) is 7.14 Å². The van der Waals surface area contributed by atoms with Crippen molar-refractivity contribution in [2.75, 3.05) is 14.2 Å². The summed E-state index contributed by atoms with van der Waals surface area (Å²) in [6, 6.07) is 37.5. The van der Waals surface area contributed by atoms with E-state index < -0.39 is 112 Å². The van der Waals surface area contributed by atoms with Gasteiger partial charge in [-0.1, -0.05) is 54.6 Å². The quantitative estimate of drug-likeness (QED) is 0.0805. The molecule has 0 heterocycles. The van der Waals surface area contributed by atoms with Gasteiger partial charge in [-0.3, -0.25) is 0 Å². The number of hydrogen-bond donors (Lipinski definition) is 0. The van der Waals surface area contributed by atoms with Crippen LogP contribution in [0.25, 0.3) is 22.3 Å². The smallest absolute Gasteiger partial charge is 0.364 e. The van der Waals surface area contributed by atoms with Gasteiger partial charge in [0.05, 0.1) is 20.2 Å². The number of carboxylic acids is 1. The topological polar surface area (TPSA) is 151 Å². The average molecular weight is 1140 g/mol. The number of rotatable bonds is 9. The number of ether oxygens (including phenoxy) is 2. The molecule has 8 nitrogen and oxygen atoms in total. The van der Waals surface area contributed by atoms with Crippen molar-refractivity contribution in [3.8, 4) is 33.8 Å². The summed E-state index contributed by atoms with van der Waals surface area (Å²) in [6.45, 7) is 0. The largest absolute Gasteiger partial charge is 0.545 e. The first-order chi connectivity index (χ1) is 30.3. The van der Waals surface area contributed by atoms with Gasteiger partial charge in [-0.25, -0.2) is 36.2 Å². The normalized spacial score (nSPS) is 10.6. The van der Waals surface area contributed by atoms with E-state index in [0.29, 0.717) is 7.14 Å². The molecule has 0 aliphatic rings. The Labute approximate surface area is 383 Å². The van der Waals surface area contributed by atoms with E-state index in [1.165, 1.54) is 12.1 Å². The lowest BCUT2D eigenvalue weighted by Gasteiger charge is -2.17. The van der Waals surface area contributed by atoms with E-state index in [9.17, 15) is 45.0 Å². The molecular formula is C45H29ClF8I2O8. The second kappa shape index (κ2) is 24.1. The Bertz CT molecular complexity index is 2410. The third kappa shape index (κ3) is 15.4. The Morgan fingerprint density at radius 3 is 0.953 bits per heavy atom. The number of halogens is 11. The average Bonchev–Trinajstić information content (AvgIpc) is 3.28. The number of carbonyl (C=O) groups is 1. The first-order valence-electron chi connectivity index (χ1n) is 17.6. The Morgan fingerprint density at radius 1 is 0.453 bits per heavy atom. The predicted octanol–water partition coefficient (Wildman–Crippen LogP) is -0.612. The molecule has 0 aromatic heterocycles. The van der Waals surface area contributed by atoms with Crippen LogP contribution in [0.2, 0.25) is 0 Å². The molecule has 7 aromatic carbocycles. The number of aromatic carboxylic acids is 1. The number of hydrogen-bond acceptors (Lipinski definition) is 8. The van der Waals surface area contributed by atoms with Gasteiger partial charge < -0.3 is 19.4 Å². The van der Waals surface area contributed by atoms with Crippen LogP contribution in [-0.2, 0) is 0 Å².